The van der Waals surface area contributed by atoms with Gasteiger partial charge >= 0.3 is 5.69 Å². The van der Waals surface area contributed by atoms with E-state index in [1.807, 2.05) is 0 Å². The Labute approximate surface area is 123 Å². The molecule has 0 atom stereocenters. The number of nitrogen functional groups attached to an aromatic ring is 1. The number of hydrogen-bond acceptors (Lipinski definition) is 7. The monoisotopic (exact) mass is 295 g/mol. The van der Waals surface area contributed by atoms with Gasteiger partial charge in [-0.2, -0.15) is 4.98 Å². The van der Waals surface area contributed by atoms with Crippen molar-refractivity contribution in [1.29, 1.82) is 0 Å². The number of ether oxygens (including phenoxy) is 1. The van der Waals surface area contributed by atoms with Crippen molar-refractivity contribution in [2.45, 2.75) is 52.6 Å². The quantitative estimate of drug-likeness (QED) is 0.497. The third kappa shape index (κ3) is 3.57. The van der Waals surface area contributed by atoms with Gasteiger partial charge in [0, 0.05) is 0 Å². The summed E-state index contributed by atoms with van der Waals surface area (Å²) >= 11 is 0. The van der Waals surface area contributed by atoms with E-state index in [-0.39, 0.29) is 29.3 Å². The van der Waals surface area contributed by atoms with Crippen molar-refractivity contribution in [2.24, 2.45) is 11.3 Å². The van der Waals surface area contributed by atoms with Gasteiger partial charge in [-0.15, -0.1) is 0 Å². The van der Waals surface area contributed by atoms with Crippen molar-refractivity contribution in [3.05, 3.63) is 15.8 Å². The standard InChI is InChI=1S/C13H21N5O3/c1-8-10(18(19)20)11(16-12(15-8)17-14)21-9-4-6-13(2,3)7-5-9/h9H,4-7,14H2,1-3H3,(H,15,16,17). The number of nitrogens with one attached hydrogen (secondary N) is 1. The Morgan fingerprint density at radius 2 is 2.00 bits per heavy atom. The van der Waals surface area contributed by atoms with E-state index in [0.29, 0.717) is 5.41 Å². The first-order valence-electron chi connectivity index (χ1n) is 6.99. The Kier molecular flexibility index (Phi) is 4.26. The van der Waals surface area contributed by atoms with Gasteiger partial charge in [-0.25, -0.2) is 10.8 Å². The summed E-state index contributed by atoms with van der Waals surface area (Å²) in [5.41, 5.74) is 2.64. The Bertz CT molecular complexity index is 537. The van der Waals surface area contributed by atoms with Gasteiger partial charge in [0.2, 0.25) is 5.95 Å². The Hall–Kier alpha value is -1.96. The second kappa shape index (κ2) is 5.80. The smallest absolute Gasteiger partial charge is 0.352 e. The van der Waals surface area contributed by atoms with Gasteiger partial charge in [0.15, 0.2) is 0 Å². The van der Waals surface area contributed by atoms with E-state index in [2.05, 4.69) is 29.2 Å². The SMILES string of the molecule is Cc1nc(NN)nc(OC2CCC(C)(C)CC2)c1[N+](=O)[O-]. The molecule has 0 aliphatic heterocycles. The van der Waals surface area contributed by atoms with Gasteiger partial charge in [-0.05, 0) is 38.0 Å². The third-order valence-electron chi connectivity index (χ3n) is 3.90. The third-order valence-corrected chi connectivity index (χ3v) is 3.90. The number of nitrogens with zero attached hydrogens (tertiary/aromatic N) is 3. The molecule has 1 aliphatic rings. The molecular formula is C13H21N5O3. The number of hydrogen-bond donors (Lipinski definition) is 2. The number of anilines is 1. The zero-order valence-electron chi connectivity index (χ0n) is 12.5. The minimum absolute atomic E-state index is 0.00911. The highest BCUT2D eigenvalue weighted by atomic mass is 16.6. The van der Waals surface area contributed by atoms with E-state index >= 15 is 0 Å². The highest BCUT2D eigenvalue weighted by Crippen LogP contribution is 2.38. The summed E-state index contributed by atoms with van der Waals surface area (Å²) < 4.78 is 5.78. The average Bonchev–Trinajstić information content (AvgIpc) is 2.40. The van der Waals surface area contributed by atoms with E-state index in [9.17, 15) is 10.1 Å². The van der Waals surface area contributed by atoms with Crippen LogP contribution in [-0.2, 0) is 0 Å². The fourth-order valence-corrected chi connectivity index (χ4v) is 2.55. The predicted molar refractivity (Wildman–Crippen MR) is 77.9 cm³/mol. The molecule has 2 rings (SSSR count). The molecule has 8 heteroatoms. The molecule has 0 aromatic carbocycles. The first kappa shape index (κ1) is 15.4. The van der Waals surface area contributed by atoms with E-state index in [0.717, 1.165) is 25.7 Å². The topological polar surface area (TPSA) is 116 Å². The van der Waals surface area contributed by atoms with Crippen LogP contribution in [0.2, 0.25) is 0 Å². The Morgan fingerprint density at radius 1 is 1.38 bits per heavy atom. The molecule has 21 heavy (non-hydrogen) atoms. The van der Waals surface area contributed by atoms with Crippen molar-refractivity contribution in [1.82, 2.24) is 9.97 Å². The molecule has 1 fully saturated rings. The number of aryl methyl sites for hydroxylation is 1. The molecule has 0 radical (unpaired) electrons. The van der Waals surface area contributed by atoms with Gasteiger partial charge in [0.1, 0.15) is 11.8 Å². The summed E-state index contributed by atoms with van der Waals surface area (Å²) in [5.74, 6) is 5.39. The number of nitrogens with two attached hydrogens (primary N) is 1. The summed E-state index contributed by atoms with van der Waals surface area (Å²) in [6, 6.07) is 0. The summed E-state index contributed by atoms with van der Waals surface area (Å²) in [6.07, 6.45) is 3.71. The Morgan fingerprint density at radius 3 is 2.52 bits per heavy atom. The van der Waals surface area contributed by atoms with Crippen molar-refractivity contribution >= 4 is 11.6 Å². The van der Waals surface area contributed by atoms with E-state index < -0.39 is 4.92 Å². The number of rotatable bonds is 4. The van der Waals surface area contributed by atoms with Crippen LogP contribution in [0.15, 0.2) is 0 Å². The second-order valence-electron chi connectivity index (χ2n) is 6.17. The summed E-state index contributed by atoms with van der Waals surface area (Å²) in [6.45, 7) is 5.98. The zero-order chi connectivity index (χ0) is 15.6. The van der Waals surface area contributed by atoms with E-state index in [1.165, 1.54) is 6.92 Å². The van der Waals surface area contributed by atoms with Gasteiger partial charge in [-0.3, -0.25) is 15.5 Å². The lowest BCUT2D eigenvalue weighted by atomic mass is 9.76. The van der Waals surface area contributed by atoms with Crippen LogP contribution in [0, 0.1) is 22.5 Å². The molecule has 3 N–H and O–H groups in total. The van der Waals surface area contributed by atoms with Crippen molar-refractivity contribution in [3.8, 4) is 5.88 Å². The summed E-state index contributed by atoms with van der Waals surface area (Å²) in [4.78, 5) is 18.6. The van der Waals surface area contributed by atoms with Crippen LogP contribution in [-0.4, -0.2) is 21.0 Å². The highest BCUT2D eigenvalue weighted by Gasteiger charge is 2.31. The Balaban J connectivity index is 2.22. The number of aromatic nitrogens is 2. The fourth-order valence-electron chi connectivity index (χ4n) is 2.55. The molecule has 0 unspecified atom stereocenters. The van der Waals surface area contributed by atoms with Gasteiger partial charge < -0.3 is 4.74 Å². The molecule has 8 nitrogen and oxygen atoms in total. The molecule has 1 aromatic heterocycles. The first-order chi connectivity index (χ1) is 9.82. The lowest BCUT2D eigenvalue weighted by molar-refractivity contribution is -0.387. The lowest BCUT2D eigenvalue weighted by Crippen LogP contribution is -2.29. The maximum absolute atomic E-state index is 11.2. The number of nitro groups is 1. The molecule has 1 aromatic rings. The average molecular weight is 295 g/mol. The maximum Gasteiger partial charge on any atom is 0.352 e. The second-order valence-corrected chi connectivity index (χ2v) is 6.17. The lowest BCUT2D eigenvalue weighted by Gasteiger charge is -2.33. The molecule has 0 amide bonds. The maximum atomic E-state index is 11.2. The van der Waals surface area contributed by atoms with E-state index in [4.69, 9.17) is 10.6 Å². The van der Waals surface area contributed by atoms with Crippen LogP contribution in [0.5, 0.6) is 5.88 Å². The molecule has 0 saturated heterocycles. The predicted octanol–water partition coefficient (Wildman–Crippen LogP) is 2.33. The minimum atomic E-state index is -0.516. The molecule has 0 spiro atoms. The zero-order valence-corrected chi connectivity index (χ0v) is 12.5. The normalized spacial score (nSPS) is 18.3. The summed E-state index contributed by atoms with van der Waals surface area (Å²) in [7, 11) is 0. The number of hydrazine groups is 1. The van der Waals surface area contributed by atoms with Crippen molar-refractivity contribution in [3.63, 3.8) is 0 Å². The molecule has 1 heterocycles. The molecule has 1 saturated carbocycles. The molecule has 0 bridgehead atoms. The van der Waals surface area contributed by atoms with Crippen LogP contribution in [0.25, 0.3) is 0 Å². The van der Waals surface area contributed by atoms with Crippen molar-refractivity contribution < 1.29 is 9.66 Å². The minimum Gasteiger partial charge on any atom is -0.469 e. The van der Waals surface area contributed by atoms with Crippen LogP contribution in [0.3, 0.4) is 0 Å². The van der Waals surface area contributed by atoms with Gasteiger partial charge in [0.05, 0.1) is 4.92 Å². The molecular weight excluding hydrogens is 274 g/mol. The molecule has 116 valence electrons. The van der Waals surface area contributed by atoms with E-state index in [1.54, 1.807) is 0 Å². The van der Waals surface area contributed by atoms with Gasteiger partial charge in [0.25, 0.3) is 5.88 Å². The molecule has 1 aliphatic carbocycles. The van der Waals surface area contributed by atoms with Crippen LogP contribution in [0.4, 0.5) is 11.6 Å². The summed E-state index contributed by atoms with van der Waals surface area (Å²) in [5, 5.41) is 11.2. The van der Waals surface area contributed by atoms with Gasteiger partial charge in [-0.1, -0.05) is 13.8 Å². The van der Waals surface area contributed by atoms with Crippen molar-refractivity contribution in [2.75, 3.05) is 5.43 Å². The largest absolute Gasteiger partial charge is 0.469 e. The van der Waals surface area contributed by atoms with Crippen LogP contribution >= 0.6 is 0 Å². The van der Waals surface area contributed by atoms with Crippen LogP contribution in [0.1, 0.15) is 45.2 Å². The first-order valence-corrected chi connectivity index (χ1v) is 6.99. The highest BCUT2D eigenvalue weighted by molar-refractivity contribution is 5.48. The fraction of sp³-hybridized carbons (Fsp3) is 0.692. The van der Waals surface area contributed by atoms with Crippen LogP contribution < -0.4 is 16.0 Å².